The van der Waals surface area contributed by atoms with E-state index in [1.165, 1.54) is 11.1 Å². The highest BCUT2D eigenvalue weighted by Gasteiger charge is 2.33. The summed E-state index contributed by atoms with van der Waals surface area (Å²) in [5.41, 5.74) is 3.74. The molecule has 0 aromatic heterocycles. The Bertz CT molecular complexity index is 675. The average molecular weight is 379 g/mol. The number of benzene rings is 1. The predicted octanol–water partition coefficient (Wildman–Crippen LogP) is 3.94. The van der Waals surface area contributed by atoms with Crippen molar-refractivity contribution in [3.05, 3.63) is 33.8 Å². The molecule has 0 bridgehead atoms. The van der Waals surface area contributed by atoms with Gasteiger partial charge in [0.1, 0.15) is 0 Å². The van der Waals surface area contributed by atoms with Crippen molar-refractivity contribution in [1.82, 2.24) is 9.80 Å². The number of carboxylic acid groups (broad SMARTS) is 1. The molecule has 2 fully saturated rings. The first-order valence-electron chi connectivity index (χ1n) is 9.72. The van der Waals surface area contributed by atoms with Crippen LogP contribution < -0.4 is 0 Å². The first kappa shape index (κ1) is 18.1. The first-order chi connectivity index (χ1) is 12.6. The maximum atomic E-state index is 11.6. The molecule has 4 rings (SSSR count). The fourth-order valence-corrected chi connectivity index (χ4v) is 5.03. The summed E-state index contributed by atoms with van der Waals surface area (Å²) in [6, 6.07) is 4.03. The molecule has 1 atom stereocenters. The Hall–Kier alpha value is -1.30. The van der Waals surface area contributed by atoms with Gasteiger partial charge < -0.3 is 14.7 Å². The van der Waals surface area contributed by atoms with Gasteiger partial charge >= 0.3 is 6.09 Å². The molecule has 6 heteroatoms. The van der Waals surface area contributed by atoms with Gasteiger partial charge in [0.05, 0.1) is 6.04 Å². The number of hydrogen-bond acceptors (Lipinski definition) is 3. The lowest BCUT2D eigenvalue weighted by atomic mass is 9.89. The van der Waals surface area contributed by atoms with E-state index in [1.54, 1.807) is 4.90 Å². The van der Waals surface area contributed by atoms with E-state index in [1.807, 2.05) is 6.07 Å². The molecule has 0 unspecified atom stereocenters. The summed E-state index contributed by atoms with van der Waals surface area (Å²) in [6.45, 7) is 5.45. The van der Waals surface area contributed by atoms with E-state index in [4.69, 9.17) is 16.3 Å². The minimum Gasteiger partial charge on any atom is -0.465 e. The molecule has 3 heterocycles. The molecule has 2 saturated heterocycles. The van der Waals surface area contributed by atoms with Crippen LogP contribution in [0, 0.1) is 5.92 Å². The molecule has 0 radical (unpaired) electrons. The SMILES string of the molecule is O=C(O)N1CCC[C@H]1c1cc(Cl)cc2c1CN(CC1CCOCC1)CC2. The van der Waals surface area contributed by atoms with Gasteiger partial charge in [0.2, 0.25) is 0 Å². The molecule has 1 amide bonds. The molecule has 1 N–H and O–H groups in total. The molecule has 5 nitrogen and oxygen atoms in total. The summed E-state index contributed by atoms with van der Waals surface area (Å²) in [6.07, 6.45) is 4.27. The minimum atomic E-state index is -0.823. The van der Waals surface area contributed by atoms with E-state index in [0.717, 1.165) is 75.5 Å². The number of fused-ring (bicyclic) bond motifs is 1. The number of nitrogens with zero attached hydrogens (tertiary/aromatic N) is 2. The summed E-state index contributed by atoms with van der Waals surface area (Å²) in [5.74, 6) is 0.711. The van der Waals surface area contributed by atoms with Crippen LogP contribution in [0.5, 0.6) is 0 Å². The summed E-state index contributed by atoms with van der Waals surface area (Å²) in [4.78, 5) is 15.8. The van der Waals surface area contributed by atoms with Crippen molar-refractivity contribution >= 4 is 17.7 Å². The number of amides is 1. The van der Waals surface area contributed by atoms with Crippen LogP contribution in [0.15, 0.2) is 12.1 Å². The Morgan fingerprint density at radius 1 is 1.23 bits per heavy atom. The van der Waals surface area contributed by atoms with Crippen LogP contribution in [0.4, 0.5) is 4.79 Å². The van der Waals surface area contributed by atoms with Crippen molar-refractivity contribution in [3.8, 4) is 0 Å². The normalized spacial score (nSPS) is 24.7. The van der Waals surface area contributed by atoms with Gasteiger partial charge in [-0.3, -0.25) is 4.90 Å². The van der Waals surface area contributed by atoms with Crippen molar-refractivity contribution in [3.63, 3.8) is 0 Å². The molecule has 3 aliphatic heterocycles. The molecule has 3 aliphatic rings. The van der Waals surface area contributed by atoms with Crippen LogP contribution >= 0.6 is 11.6 Å². The Labute approximate surface area is 159 Å². The molecule has 0 aliphatic carbocycles. The van der Waals surface area contributed by atoms with Crippen molar-refractivity contribution in [1.29, 1.82) is 0 Å². The third-order valence-electron chi connectivity index (χ3n) is 6.14. The maximum Gasteiger partial charge on any atom is 0.407 e. The van der Waals surface area contributed by atoms with Gasteiger partial charge in [0.25, 0.3) is 0 Å². The molecular formula is C20H27ClN2O3. The van der Waals surface area contributed by atoms with Crippen molar-refractivity contribution in [2.75, 3.05) is 32.8 Å². The minimum absolute atomic E-state index is 0.0528. The molecule has 1 aromatic rings. The molecule has 0 spiro atoms. The Morgan fingerprint density at radius 3 is 2.81 bits per heavy atom. The first-order valence-corrected chi connectivity index (χ1v) is 10.1. The third kappa shape index (κ3) is 3.71. The number of carbonyl (C=O) groups is 1. The number of ether oxygens (including phenoxy) is 1. The van der Waals surface area contributed by atoms with Crippen LogP contribution in [-0.2, 0) is 17.7 Å². The highest BCUT2D eigenvalue weighted by molar-refractivity contribution is 6.30. The quantitative estimate of drug-likeness (QED) is 0.865. The summed E-state index contributed by atoms with van der Waals surface area (Å²) >= 11 is 6.39. The van der Waals surface area contributed by atoms with Crippen LogP contribution in [0.25, 0.3) is 0 Å². The fraction of sp³-hybridized carbons (Fsp3) is 0.650. The largest absolute Gasteiger partial charge is 0.465 e. The van der Waals surface area contributed by atoms with E-state index in [-0.39, 0.29) is 6.04 Å². The number of halogens is 1. The zero-order chi connectivity index (χ0) is 18.1. The predicted molar refractivity (Wildman–Crippen MR) is 101 cm³/mol. The second-order valence-corrected chi connectivity index (χ2v) is 8.24. The summed E-state index contributed by atoms with van der Waals surface area (Å²) in [5, 5.41) is 10.3. The number of hydrogen-bond donors (Lipinski definition) is 1. The molecule has 1 aromatic carbocycles. The van der Waals surface area contributed by atoms with Crippen LogP contribution in [0.1, 0.15) is 48.4 Å². The molecule has 0 saturated carbocycles. The fourth-order valence-electron chi connectivity index (χ4n) is 4.78. The zero-order valence-electron chi connectivity index (χ0n) is 15.1. The summed E-state index contributed by atoms with van der Waals surface area (Å²) < 4.78 is 5.48. The van der Waals surface area contributed by atoms with Gasteiger partial charge in [-0.15, -0.1) is 0 Å². The van der Waals surface area contributed by atoms with E-state index in [9.17, 15) is 9.90 Å². The van der Waals surface area contributed by atoms with Crippen LogP contribution in [0.2, 0.25) is 5.02 Å². The average Bonchev–Trinajstić information content (AvgIpc) is 3.12. The monoisotopic (exact) mass is 378 g/mol. The van der Waals surface area contributed by atoms with Crippen molar-refractivity contribution < 1.29 is 14.6 Å². The Balaban J connectivity index is 1.57. The second-order valence-electron chi connectivity index (χ2n) is 7.81. The highest BCUT2D eigenvalue weighted by atomic mass is 35.5. The topological polar surface area (TPSA) is 53.0 Å². The lowest BCUT2D eigenvalue weighted by Gasteiger charge is -2.35. The number of rotatable bonds is 3. The van der Waals surface area contributed by atoms with E-state index < -0.39 is 6.09 Å². The van der Waals surface area contributed by atoms with E-state index >= 15 is 0 Å². The Kier molecular flexibility index (Phi) is 5.39. The van der Waals surface area contributed by atoms with Crippen molar-refractivity contribution in [2.24, 2.45) is 5.92 Å². The zero-order valence-corrected chi connectivity index (χ0v) is 15.9. The molecular weight excluding hydrogens is 352 g/mol. The van der Waals surface area contributed by atoms with Crippen molar-refractivity contribution in [2.45, 2.75) is 44.7 Å². The van der Waals surface area contributed by atoms with E-state index in [0.29, 0.717) is 12.5 Å². The maximum absolute atomic E-state index is 11.6. The second kappa shape index (κ2) is 7.75. The van der Waals surface area contributed by atoms with Crippen LogP contribution in [-0.4, -0.2) is 53.8 Å². The van der Waals surface area contributed by atoms with Gasteiger partial charge in [-0.1, -0.05) is 11.6 Å². The molecule has 26 heavy (non-hydrogen) atoms. The van der Waals surface area contributed by atoms with Gasteiger partial charge in [-0.05, 0) is 66.8 Å². The van der Waals surface area contributed by atoms with Gasteiger partial charge in [0, 0.05) is 44.4 Å². The third-order valence-corrected chi connectivity index (χ3v) is 6.35. The highest BCUT2D eigenvalue weighted by Crippen LogP contribution is 2.38. The number of likely N-dealkylation sites (tertiary alicyclic amines) is 1. The lowest BCUT2D eigenvalue weighted by molar-refractivity contribution is 0.0505. The lowest BCUT2D eigenvalue weighted by Crippen LogP contribution is -2.37. The van der Waals surface area contributed by atoms with Gasteiger partial charge in [0.15, 0.2) is 0 Å². The van der Waals surface area contributed by atoms with E-state index in [2.05, 4.69) is 11.0 Å². The van der Waals surface area contributed by atoms with Gasteiger partial charge in [-0.25, -0.2) is 4.79 Å². The standard InChI is InChI=1S/C20H27ClN2O3/c21-16-10-15-3-7-22(12-14-4-8-26-9-5-14)13-18(15)17(11-16)19-2-1-6-23(19)20(24)25/h10-11,14,19H,1-9,12-13H2,(H,24,25)/t19-/m0/s1. The van der Waals surface area contributed by atoms with Gasteiger partial charge in [-0.2, -0.15) is 0 Å². The smallest absolute Gasteiger partial charge is 0.407 e. The summed E-state index contributed by atoms with van der Waals surface area (Å²) in [7, 11) is 0. The molecule has 142 valence electrons. The Morgan fingerprint density at radius 2 is 2.04 bits per heavy atom. The van der Waals surface area contributed by atoms with Crippen LogP contribution in [0.3, 0.4) is 0 Å².